The van der Waals surface area contributed by atoms with E-state index in [1.54, 1.807) is 7.05 Å². The molecule has 24 heavy (non-hydrogen) atoms. The van der Waals surface area contributed by atoms with Crippen LogP contribution in [0.15, 0.2) is 28.8 Å². The predicted octanol–water partition coefficient (Wildman–Crippen LogP) is 2.14. The summed E-state index contributed by atoms with van der Waals surface area (Å²) in [6.07, 6.45) is 1.68. The van der Waals surface area contributed by atoms with Crippen LogP contribution in [0.5, 0.6) is 0 Å². The molecule has 0 N–H and O–H groups in total. The summed E-state index contributed by atoms with van der Waals surface area (Å²) in [5, 5.41) is 4.64. The van der Waals surface area contributed by atoms with Crippen LogP contribution in [-0.2, 0) is 17.6 Å². The summed E-state index contributed by atoms with van der Waals surface area (Å²) in [6.45, 7) is 0.502. The van der Waals surface area contributed by atoms with Gasteiger partial charge in [0.2, 0.25) is 11.8 Å². The number of amides is 3. The number of aromatic nitrogens is 2. The average molecular weight is 349 g/mol. The molecule has 0 radical (unpaired) electrons. The largest absolute Gasteiger partial charge is 0.339 e. The summed E-state index contributed by atoms with van der Waals surface area (Å²) < 4.78 is 5.21. The Kier molecular flexibility index (Phi) is 4.80. The van der Waals surface area contributed by atoms with E-state index in [0.29, 0.717) is 42.5 Å². The third-order valence-corrected chi connectivity index (χ3v) is 4.04. The van der Waals surface area contributed by atoms with Crippen LogP contribution in [-0.4, -0.2) is 52.0 Å². The number of carbonyl (C=O) groups excluding carboxylic acids is 2. The number of carbonyl (C=O) groups is 2. The quantitative estimate of drug-likeness (QED) is 0.747. The molecule has 1 aliphatic heterocycles. The molecule has 2 aromatic rings. The van der Waals surface area contributed by atoms with Crippen molar-refractivity contribution < 1.29 is 14.1 Å². The van der Waals surface area contributed by atoms with E-state index in [1.165, 1.54) is 9.80 Å². The van der Waals surface area contributed by atoms with Crippen molar-refractivity contribution in [2.24, 2.45) is 0 Å². The minimum atomic E-state index is -0.256. The van der Waals surface area contributed by atoms with Crippen molar-refractivity contribution in [3.05, 3.63) is 46.6 Å². The lowest BCUT2D eigenvalue weighted by atomic mass is 10.1. The monoisotopic (exact) mass is 348 g/mol. The maximum atomic E-state index is 11.8. The molecule has 1 saturated heterocycles. The Hall–Kier alpha value is -2.41. The number of urea groups is 1. The minimum absolute atomic E-state index is 0.143. The predicted molar refractivity (Wildman–Crippen MR) is 86.6 cm³/mol. The Morgan fingerprint density at radius 1 is 1.25 bits per heavy atom. The van der Waals surface area contributed by atoms with Crippen molar-refractivity contribution in [1.82, 2.24) is 19.9 Å². The van der Waals surface area contributed by atoms with Crippen LogP contribution < -0.4 is 0 Å². The second-order valence-electron chi connectivity index (χ2n) is 5.70. The van der Waals surface area contributed by atoms with Crippen LogP contribution >= 0.6 is 11.6 Å². The standard InChI is InChI=1S/C16H17ClN4O3/c1-20-10-15(22)21(16(20)23)8-2-3-14-18-13(19-24-14)9-11-4-6-12(17)7-5-11/h4-7H,2-3,8-10H2,1H3. The molecule has 0 spiro atoms. The van der Waals surface area contributed by atoms with Gasteiger partial charge < -0.3 is 9.42 Å². The number of hydrogen-bond acceptors (Lipinski definition) is 5. The summed E-state index contributed by atoms with van der Waals surface area (Å²) >= 11 is 5.85. The lowest BCUT2D eigenvalue weighted by molar-refractivity contribution is -0.125. The average Bonchev–Trinajstić information content (AvgIpc) is 3.09. The Labute approximate surface area is 144 Å². The topological polar surface area (TPSA) is 79.5 Å². The first-order valence-corrected chi connectivity index (χ1v) is 8.02. The molecule has 1 aromatic heterocycles. The zero-order valence-corrected chi connectivity index (χ0v) is 14.0. The number of hydrogen-bond donors (Lipinski definition) is 0. The molecule has 1 aliphatic rings. The zero-order chi connectivity index (χ0) is 17.1. The molecule has 1 aromatic carbocycles. The summed E-state index contributed by atoms with van der Waals surface area (Å²) in [6, 6.07) is 7.21. The lowest BCUT2D eigenvalue weighted by Crippen LogP contribution is -2.32. The zero-order valence-electron chi connectivity index (χ0n) is 13.2. The van der Waals surface area contributed by atoms with Gasteiger partial charge in [-0.05, 0) is 24.1 Å². The molecule has 3 amide bonds. The van der Waals surface area contributed by atoms with Gasteiger partial charge in [0, 0.05) is 31.5 Å². The van der Waals surface area contributed by atoms with E-state index in [1.807, 2.05) is 24.3 Å². The number of benzene rings is 1. The van der Waals surface area contributed by atoms with Crippen LogP contribution in [0.4, 0.5) is 4.79 Å². The Bertz CT molecular complexity index is 744. The number of halogens is 1. The highest BCUT2D eigenvalue weighted by molar-refractivity contribution is 6.30. The Morgan fingerprint density at radius 3 is 2.67 bits per heavy atom. The van der Waals surface area contributed by atoms with Gasteiger partial charge in [-0.3, -0.25) is 9.69 Å². The molecule has 0 bridgehead atoms. The number of likely N-dealkylation sites (N-methyl/N-ethyl adjacent to an activating group) is 1. The molecule has 126 valence electrons. The van der Waals surface area contributed by atoms with Gasteiger partial charge in [0.05, 0.1) is 0 Å². The number of aryl methyl sites for hydroxylation is 1. The van der Waals surface area contributed by atoms with Gasteiger partial charge >= 0.3 is 6.03 Å². The minimum Gasteiger partial charge on any atom is -0.339 e. The summed E-state index contributed by atoms with van der Waals surface area (Å²) in [5.41, 5.74) is 1.04. The molecule has 0 saturated carbocycles. The Balaban J connectivity index is 1.50. The van der Waals surface area contributed by atoms with Crippen LogP contribution in [0.2, 0.25) is 5.02 Å². The van der Waals surface area contributed by atoms with E-state index in [4.69, 9.17) is 16.1 Å². The van der Waals surface area contributed by atoms with E-state index >= 15 is 0 Å². The van der Waals surface area contributed by atoms with E-state index in [0.717, 1.165) is 5.56 Å². The molecule has 8 heteroatoms. The fourth-order valence-electron chi connectivity index (χ4n) is 2.53. The maximum Gasteiger partial charge on any atom is 0.326 e. The number of nitrogens with zero attached hydrogens (tertiary/aromatic N) is 4. The molecular formula is C16H17ClN4O3. The second-order valence-corrected chi connectivity index (χ2v) is 6.13. The van der Waals surface area contributed by atoms with Crippen LogP contribution in [0.1, 0.15) is 23.7 Å². The van der Waals surface area contributed by atoms with Gasteiger partial charge in [0.1, 0.15) is 6.54 Å². The van der Waals surface area contributed by atoms with Crippen molar-refractivity contribution in [3.63, 3.8) is 0 Å². The van der Waals surface area contributed by atoms with Crippen LogP contribution in [0, 0.1) is 0 Å². The van der Waals surface area contributed by atoms with E-state index < -0.39 is 0 Å². The highest BCUT2D eigenvalue weighted by Crippen LogP contribution is 2.13. The van der Waals surface area contributed by atoms with Crippen molar-refractivity contribution in [1.29, 1.82) is 0 Å². The summed E-state index contributed by atoms with van der Waals surface area (Å²) in [7, 11) is 1.61. The number of imide groups is 1. The SMILES string of the molecule is CN1CC(=O)N(CCCc2nc(Cc3ccc(Cl)cc3)no2)C1=O. The van der Waals surface area contributed by atoms with Crippen molar-refractivity contribution in [3.8, 4) is 0 Å². The van der Waals surface area contributed by atoms with E-state index in [9.17, 15) is 9.59 Å². The highest BCUT2D eigenvalue weighted by atomic mass is 35.5. The molecule has 0 atom stereocenters. The molecular weight excluding hydrogens is 332 g/mol. The van der Waals surface area contributed by atoms with E-state index in [-0.39, 0.29) is 18.5 Å². The van der Waals surface area contributed by atoms with E-state index in [2.05, 4.69) is 10.1 Å². The van der Waals surface area contributed by atoms with Crippen molar-refractivity contribution in [2.45, 2.75) is 19.3 Å². The molecule has 3 rings (SSSR count). The van der Waals surface area contributed by atoms with Crippen molar-refractivity contribution in [2.75, 3.05) is 20.1 Å². The third-order valence-electron chi connectivity index (χ3n) is 3.79. The smallest absolute Gasteiger partial charge is 0.326 e. The first-order valence-electron chi connectivity index (χ1n) is 7.64. The van der Waals surface area contributed by atoms with Gasteiger partial charge in [-0.1, -0.05) is 28.9 Å². The summed E-state index contributed by atoms with van der Waals surface area (Å²) in [4.78, 5) is 30.4. The fraction of sp³-hybridized carbons (Fsp3) is 0.375. The Morgan fingerprint density at radius 2 is 2.00 bits per heavy atom. The third kappa shape index (κ3) is 3.73. The van der Waals surface area contributed by atoms with Gasteiger partial charge in [0.15, 0.2) is 5.82 Å². The molecule has 2 heterocycles. The van der Waals surface area contributed by atoms with Crippen LogP contribution in [0.3, 0.4) is 0 Å². The van der Waals surface area contributed by atoms with Gasteiger partial charge in [-0.15, -0.1) is 0 Å². The molecule has 1 fully saturated rings. The first kappa shape index (κ1) is 16.4. The molecule has 7 nitrogen and oxygen atoms in total. The fourth-order valence-corrected chi connectivity index (χ4v) is 2.65. The summed E-state index contributed by atoms with van der Waals surface area (Å²) in [5.74, 6) is 0.934. The second kappa shape index (κ2) is 7.00. The van der Waals surface area contributed by atoms with Gasteiger partial charge in [-0.2, -0.15) is 4.98 Å². The van der Waals surface area contributed by atoms with Gasteiger partial charge in [-0.25, -0.2) is 4.79 Å². The normalized spacial score (nSPS) is 14.8. The van der Waals surface area contributed by atoms with Crippen LogP contribution in [0.25, 0.3) is 0 Å². The maximum absolute atomic E-state index is 11.8. The lowest BCUT2D eigenvalue weighted by Gasteiger charge is -2.12. The van der Waals surface area contributed by atoms with Crippen molar-refractivity contribution >= 4 is 23.5 Å². The highest BCUT2D eigenvalue weighted by Gasteiger charge is 2.32. The molecule has 0 unspecified atom stereocenters. The first-order chi connectivity index (χ1) is 11.5. The molecule has 0 aliphatic carbocycles. The van der Waals surface area contributed by atoms with Gasteiger partial charge in [0.25, 0.3) is 0 Å². The number of rotatable bonds is 6.